The molecule has 1 aliphatic rings. The first kappa shape index (κ1) is 15.5. The molecule has 6 heteroatoms. The largest absolute Gasteiger partial charge is 0.330 e. The van der Waals surface area contributed by atoms with Gasteiger partial charge in [-0.15, -0.1) is 0 Å². The van der Waals surface area contributed by atoms with E-state index in [0.717, 1.165) is 24.6 Å². The minimum atomic E-state index is -3.73. The van der Waals surface area contributed by atoms with E-state index in [9.17, 15) is 8.42 Å². The number of aromatic nitrogens is 2. The molecule has 1 aromatic rings. The predicted molar refractivity (Wildman–Crippen MR) is 78.9 cm³/mol. The Balaban J connectivity index is 2.38. The van der Waals surface area contributed by atoms with Crippen molar-refractivity contribution in [2.75, 3.05) is 0 Å². The lowest BCUT2D eigenvalue weighted by Crippen LogP contribution is -2.24. The minimum Gasteiger partial charge on any atom is -0.330 e. The molecule has 1 fully saturated rings. The molecule has 0 spiro atoms. The van der Waals surface area contributed by atoms with Crippen LogP contribution in [0.25, 0.3) is 0 Å². The zero-order chi connectivity index (χ0) is 15.1. The van der Waals surface area contributed by atoms with Crippen LogP contribution in [0, 0.1) is 11.8 Å². The standard InChI is InChI=1S/C14H25N3O2S/c1-9(2)14-16-13(20(15,18)19)8-17(14)12-6-5-10(3)11(4)7-12/h8-12H,5-7H2,1-4H3,(H2,15,18,19). The third-order valence-corrected chi connectivity index (χ3v) is 5.29. The van der Waals surface area contributed by atoms with E-state index >= 15 is 0 Å². The summed E-state index contributed by atoms with van der Waals surface area (Å²) in [6, 6.07) is 0.335. The fourth-order valence-corrected chi connectivity index (χ4v) is 3.49. The molecule has 3 unspecified atom stereocenters. The Labute approximate surface area is 121 Å². The number of hydrogen-bond acceptors (Lipinski definition) is 3. The van der Waals surface area contributed by atoms with Crippen LogP contribution in [0.4, 0.5) is 0 Å². The number of sulfonamides is 1. The second-order valence-corrected chi connectivity index (χ2v) is 7.97. The van der Waals surface area contributed by atoms with Gasteiger partial charge >= 0.3 is 0 Å². The van der Waals surface area contributed by atoms with Gasteiger partial charge in [0.1, 0.15) is 5.82 Å². The Morgan fingerprint density at radius 2 is 1.95 bits per heavy atom. The topological polar surface area (TPSA) is 78.0 Å². The Kier molecular flexibility index (Phi) is 4.25. The third-order valence-electron chi connectivity index (χ3n) is 4.51. The first-order chi connectivity index (χ1) is 9.20. The molecule has 3 atom stereocenters. The fraction of sp³-hybridized carbons (Fsp3) is 0.786. The maximum absolute atomic E-state index is 11.5. The van der Waals surface area contributed by atoms with Crippen molar-refractivity contribution in [2.45, 2.75) is 63.9 Å². The SMILES string of the molecule is CC(C)c1nc(S(N)(=O)=O)cn1C1CCC(C)C(C)C1. The third kappa shape index (κ3) is 3.06. The molecule has 2 N–H and O–H groups in total. The van der Waals surface area contributed by atoms with Crippen molar-refractivity contribution in [1.82, 2.24) is 9.55 Å². The average Bonchev–Trinajstić information content (AvgIpc) is 2.77. The molecule has 0 aliphatic heterocycles. The lowest BCUT2D eigenvalue weighted by atomic mass is 9.79. The van der Waals surface area contributed by atoms with E-state index in [1.54, 1.807) is 6.20 Å². The van der Waals surface area contributed by atoms with E-state index < -0.39 is 10.0 Å². The quantitative estimate of drug-likeness (QED) is 0.932. The number of nitrogens with two attached hydrogens (primary N) is 1. The van der Waals surface area contributed by atoms with Crippen LogP contribution in [-0.4, -0.2) is 18.0 Å². The van der Waals surface area contributed by atoms with Crippen molar-refractivity contribution in [3.8, 4) is 0 Å². The zero-order valence-corrected chi connectivity index (χ0v) is 13.5. The Morgan fingerprint density at radius 1 is 1.30 bits per heavy atom. The van der Waals surface area contributed by atoms with Gasteiger partial charge in [0.2, 0.25) is 0 Å². The van der Waals surface area contributed by atoms with Gasteiger partial charge in [-0.05, 0) is 31.1 Å². The van der Waals surface area contributed by atoms with Crippen molar-refractivity contribution in [3.05, 3.63) is 12.0 Å². The van der Waals surface area contributed by atoms with Gasteiger partial charge in [-0.25, -0.2) is 18.5 Å². The van der Waals surface area contributed by atoms with Gasteiger partial charge < -0.3 is 4.57 Å². The highest BCUT2D eigenvalue weighted by Crippen LogP contribution is 2.37. The zero-order valence-electron chi connectivity index (χ0n) is 12.7. The molecule has 20 heavy (non-hydrogen) atoms. The van der Waals surface area contributed by atoms with Crippen LogP contribution in [0.5, 0.6) is 0 Å². The molecular formula is C14H25N3O2S. The normalized spacial score (nSPS) is 28.0. The molecule has 1 saturated carbocycles. The van der Waals surface area contributed by atoms with E-state index in [1.165, 1.54) is 6.42 Å². The van der Waals surface area contributed by atoms with Gasteiger partial charge in [-0.2, -0.15) is 0 Å². The molecule has 1 aliphatic carbocycles. The van der Waals surface area contributed by atoms with Gasteiger partial charge in [0, 0.05) is 18.2 Å². The molecule has 1 heterocycles. The summed E-state index contributed by atoms with van der Waals surface area (Å²) >= 11 is 0. The highest BCUT2D eigenvalue weighted by molar-refractivity contribution is 7.89. The Morgan fingerprint density at radius 3 is 2.45 bits per heavy atom. The van der Waals surface area contributed by atoms with Crippen LogP contribution in [0.3, 0.4) is 0 Å². The van der Waals surface area contributed by atoms with Crippen molar-refractivity contribution >= 4 is 10.0 Å². The molecule has 0 bridgehead atoms. The van der Waals surface area contributed by atoms with Gasteiger partial charge in [0.05, 0.1) is 0 Å². The van der Waals surface area contributed by atoms with Gasteiger partial charge in [-0.1, -0.05) is 27.7 Å². The first-order valence-electron chi connectivity index (χ1n) is 7.31. The number of rotatable bonds is 3. The second-order valence-electron chi connectivity index (χ2n) is 6.47. The summed E-state index contributed by atoms with van der Waals surface area (Å²) in [6.45, 7) is 8.61. The Bertz CT molecular complexity index is 577. The number of primary sulfonamides is 1. The highest BCUT2D eigenvalue weighted by atomic mass is 32.2. The maximum Gasteiger partial charge on any atom is 0.257 e. The summed E-state index contributed by atoms with van der Waals surface area (Å²) in [5.41, 5.74) is 0. The van der Waals surface area contributed by atoms with Crippen molar-refractivity contribution < 1.29 is 8.42 Å². The summed E-state index contributed by atoms with van der Waals surface area (Å²) in [5, 5.41) is 5.21. The van der Waals surface area contributed by atoms with Gasteiger partial charge in [-0.3, -0.25) is 0 Å². The molecule has 5 nitrogen and oxygen atoms in total. The lowest BCUT2D eigenvalue weighted by Gasteiger charge is -2.33. The monoisotopic (exact) mass is 299 g/mol. The van der Waals surface area contributed by atoms with Crippen LogP contribution < -0.4 is 5.14 Å². The van der Waals surface area contributed by atoms with Crippen LogP contribution in [0.1, 0.15) is 64.7 Å². The molecule has 1 aromatic heterocycles. The second kappa shape index (κ2) is 5.48. The average molecular weight is 299 g/mol. The molecule has 0 radical (unpaired) electrons. The molecule has 2 rings (SSSR count). The lowest BCUT2D eigenvalue weighted by molar-refractivity contribution is 0.207. The summed E-state index contributed by atoms with van der Waals surface area (Å²) < 4.78 is 25.1. The van der Waals surface area contributed by atoms with Crippen LogP contribution in [0.2, 0.25) is 0 Å². The fourth-order valence-electron chi connectivity index (χ4n) is 3.01. The summed E-state index contributed by atoms with van der Waals surface area (Å²) in [6.07, 6.45) is 4.94. The van der Waals surface area contributed by atoms with Gasteiger partial charge in [0.25, 0.3) is 10.0 Å². The van der Waals surface area contributed by atoms with E-state index in [-0.39, 0.29) is 10.9 Å². The van der Waals surface area contributed by atoms with E-state index in [1.807, 2.05) is 18.4 Å². The van der Waals surface area contributed by atoms with Crippen LogP contribution >= 0.6 is 0 Å². The summed E-state index contributed by atoms with van der Waals surface area (Å²) in [5.74, 6) is 2.38. The number of hydrogen-bond donors (Lipinski definition) is 1. The van der Waals surface area contributed by atoms with Crippen LogP contribution in [-0.2, 0) is 10.0 Å². The molecule has 0 amide bonds. The smallest absolute Gasteiger partial charge is 0.257 e. The number of imidazole rings is 1. The highest BCUT2D eigenvalue weighted by Gasteiger charge is 2.29. The van der Waals surface area contributed by atoms with Gasteiger partial charge in [0.15, 0.2) is 5.03 Å². The number of nitrogens with zero attached hydrogens (tertiary/aromatic N) is 2. The first-order valence-corrected chi connectivity index (χ1v) is 8.86. The van der Waals surface area contributed by atoms with Crippen LogP contribution in [0.15, 0.2) is 11.2 Å². The van der Waals surface area contributed by atoms with Crippen molar-refractivity contribution in [2.24, 2.45) is 17.0 Å². The van der Waals surface area contributed by atoms with E-state index in [2.05, 4.69) is 18.8 Å². The molecular weight excluding hydrogens is 274 g/mol. The summed E-state index contributed by atoms with van der Waals surface area (Å²) in [4.78, 5) is 4.25. The molecule has 0 aromatic carbocycles. The van der Waals surface area contributed by atoms with E-state index in [0.29, 0.717) is 12.0 Å². The summed E-state index contributed by atoms with van der Waals surface area (Å²) in [7, 11) is -3.73. The van der Waals surface area contributed by atoms with E-state index in [4.69, 9.17) is 5.14 Å². The minimum absolute atomic E-state index is 0.00697. The molecule has 0 saturated heterocycles. The maximum atomic E-state index is 11.5. The van der Waals surface area contributed by atoms with Crippen molar-refractivity contribution in [3.63, 3.8) is 0 Å². The molecule has 114 valence electrons. The van der Waals surface area contributed by atoms with Crippen molar-refractivity contribution in [1.29, 1.82) is 0 Å². The Hall–Kier alpha value is -0.880. The predicted octanol–water partition coefficient (Wildman–Crippen LogP) is 2.65.